The first-order valence-corrected chi connectivity index (χ1v) is 6.59. The van der Waals surface area contributed by atoms with Crippen LogP contribution in [0.4, 0.5) is 0 Å². The van der Waals surface area contributed by atoms with E-state index in [4.69, 9.17) is 16.3 Å². The molecule has 1 saturated heterocycles. The van der Waals surface area contributed by atoms with Gasteiger partial charge in [0, 0.05) is 10.9 Å². The predicted molar refractivity (Wildman–Crippen MR) is 66.0 cm³/mol. The minimum Gasteiger partial charge on any atom is -0.462 e. The van der Waals surface area contributed by atoms with Crippen molar-refractivity contribution in [3.05, 3.63) is 34.9 Å². The van der Waals surface area contributed by atoms with Crippen molar-refractivity contribution in [1.82, 2.24) is 0 Å². The van der Waals surface area contributed by atoms with Gasteiger partial charge in [-0.2, -0.15) is 0 Å². The van der Waals surface area contributed by atoms with Crippen LogP contribution in [0.3, 0.4) is 0 Å². The van der Waals surface area contributed by atoms with Gasteiger partial charge in [0.2, 0.25) is 0 Å². The summed E-state index contributed by atoms with van der Waals surface area (Å²) in [6, 6.07) is 7.62. The van der Waals surface area contributed by atoms with Crippen molar-refractivity contribution in [3.63, 3.8) is 0 Å². The van der Waals surface area contributed by atoms with Gasteiger partial charge in [0.05, 0.1) is 5.92 Å². The van der Waals surface area contributed by atoms with Crippen LogP contribution in [0.2, 0.25) is 5.02 Å². The Morgan fingerprint density at radius 2 is 2.06 bits per heavy atom. The number of halogens is 1. The van der Waals surface area contributed by atoms with Crippen LogP contribution in [0.25, 0.3) is 0 Å². The van der Waals surface area contributed by atoms with Gasteiger partial charge < -0.3 is 4.74 Å². The lowest BCUT2D eigenvalue weighted by Gasteiger charge is -2.25. The molecule has 90 valence electrons. The van der Waals surface area contributed by atoms with Gasteiger partial charge in [0.15, 0.2) is 0 Å². The molecule has 1 heterocycles. The average Bonchev–Trinajstić information content (AvgIpc) is 2.64. The van der Waals surface area contributed by atoms with Gasteiger partial charge in [0.1, 0.15) is 6.10 Å². The SMILES string of the molecule is O=C1O[C@@H]2CCCC[C@@H]2[C@H]1c1cccc(Cl)c1. The van der Waals surface area contributed by atoms with E-state index in [0.29, 0.717) is 10.9 Å². The smallest absolute Gasteiger partial charge is 0.314 e. The molecule has 0 amide bonds. The second-order valence-corrected chi connectivity index (χ2v) is 5.39. The molecule has 0 unspecified atom stereocenters. The number of ether oxygens (including phenoxy) is 1. The van der Waals surface area contributed by atoms with Crippen LogP contribution in [0.5, 0.6) is 0 Å². The topological polar surface area (TPSA) is 26.3 Å². The average molecular weight is 251 g/mol. The number of benzene rings is 1. The highest BCUT2D eigenvalue weighted by atomic mass is 35.5. The Hall–Kier alpha value is -1.02. The summed E-state index contributed by atoms with van der Waals surface area (Å²) in [5, 5.41) is 0.689. The van der Waals surface area contributed by atoms with Crippen molar-refractivity contribution < 1.29 is 9.53 Å². The van der Waals surface area contributed by atoms with E-state index < -0.39 is 0 Å². The molecule has 1 aliphatic heterocycles. The molecule has 0 N–H and O–H groups in total. The van der Waals surface area contributed by atoms with Gasteiger partial charge in [-0.15, -0.1) is 0 Å². The summed E-state index contributed by atoms with van der Waals surface area (Å²) >= 11 is 5.99. The van der Waals surface area contributed by atoms with E-state index in [1.807, 2.05) is 24.3 Å². The zero-order valence-corrected chi connectivity index (χ0v) is 10.3. The first kappa shape index (κ1) is 11.1. The van der Waals surface area contributed by atoms with E-state index in [0.717, 1.165) is 18.4 Å². The zero-order valence-electron chi connectivity index (χ0n) is 9.56. The van der Waals surface area contributed by atoms with Gasteiger partial charge in [0.25, 0.3) is 0 Å². The molecule has 2 aliphatic rings. The van der Waals surface area contributed by atoms with E-state index in [9.17, 15) is 4.79 Å². The standard InChI is InChI=1S/C14H15ClO2/c15-10-5-3-4-9(8-10)13-11-6-1-2-7-12(11)17-14(13)16/h3-5,8,11-13H,1-2,6-7H2/t11-,12+,13+/m0/s1. The summed E-state index contributed by atoms with van der Waals surface area (Å²) in [4.78, 5) is 12.0. The zero-order chi connectivity index (χ0) is 11.8. The summed E-state index contributed by atoms with van der Waals surface area (Å²) in [7, 11) is 0. The van der Waals surface area contributed by atoms with Crippen LogP contribution in [0, 0.1) is 5.92 Å². The fourth-order valence-corrected chi connectivity index (χ4v) is 3.33. The fourth-order valence-electron chi connectivity index (χ4n) is 3.13. The molecule has 1 aliphatic carbocycles. The molecule has 0 aromatic heterocycles. The molecule has 17 heavy (non-hydrogen) atoms. The maximum atomic E-state index is 12.0. The minimum atomic E-state index is -0.0981. The van der Waals surface area contributed by atoms with Gasteiger partial charge in [-0.05, 0) is 37.0 Å². The molecule has 3 rings (SSSR count). The first-order valence-electron chi connectivity index (χ1n) is 6.21. The molecule has 2 nitrogen and oxygen atoms in total. The molecule has 0 radical (unpaired) electrons. The predicted octanol–water partition coefficient (Wildman–Crippen LogP) is 3.54. The molecular weight excluding hydrogens is 236 g/mol. The molecule has 3 atom stereocenters. The third-order valence-electron chi connectivity index (χ3n) is 3.91. The number of esters is 1. The Morgan fingerprint density at radius 3 is 2.88 bits per heavy atom. The maximum Gasteiger partial charge on any atom is 0.314 e. The molecule has 0 spiro atoms. The van der Waals surface area contributed by atoms with E-state index in [1.165, 1.54) is 12.8 Å². The third-order valence-corrected chi connectivity index (χ3v) is 4.15. The van der Waals surface area contributed by atoms with Crippen molar-refractivity contribution in [2.24, 2.45) is 5.92 Å². The second-order valence-electron chi connectivity index (χ2n) is 4.96. The van der Waals surface area contributed by atoms with Crippen LogP contribution in [-0.2, 0) is 9.53 Å². The highest BCUT2D eigenvalue weighted by Gasteiger charge is 2.45. The number of hydrogen-bond donors (Lipinski definition) is 0. The van der Waals surface area contributed by atoms with Gasteiger partial charge in [-0.3, -0.25) is 4.79 Å². The number of fused-ring (bicyclic) bond motifs is 1. The largest absolute Gasteiger partial charge is 0.462 e. The summed E-state index contributed by atoms with van der Waals surface area (Å²) in [6.45, 7) is 0. The van der Waals surface area contributed by atoms with Gasteiger partial charge >= 0.3 is 5.97 Å². The summed E-state index contributed by atoms with van der Waals surface area (Å²) in [6.07, 6.45) is 4.63. The molecule has 3 heteroatoms. The number of hydrogen-bond acceptors (Lipinski definition) is 2. The highest BCUT2D eigenvalue weighted by Crippen LogP contribution is 2.44. The molecule has 1 aromatic rings. The third kappa shape index (κ3) is 1.95. The second kappa shape index (κ2) is 4.34. The van der Waals surface area contributed by atoms with Crippen molar-refractivity contribution in [1.29, 1.82) is 0 Å². The van der Waals surface area contributed by atoms with E-state index >= 15 is 0 Å². The number of rotatable bonds is 1. The van der Waals surface area contributed by atoms with Crippen LogP contribution >= 0.6 is 11.6 Å². The Kier molecular flexibility index (Phi) is 2.83. The monoisotopic (exact) mass is 250 g/mol. The lowest BCUT2D eigenvalue weighted by molar-refractivity contribution is -0.142. The van der Waals surface area contributed by atoms with Crippen LogP contribution < -0.4 is 0 Å². The normalized spacial score (nSPS) is 32.1. The Morgan fingerprint density at radius 1 is 1.24 bits per heavy atom. The highest BCUT2D eigenvalue weighted by molar-refractivity contribution is 6.30. The fraction of sp³-hybridized carbons (Fsp3) is 0.500. The van der Waals surface area contributed by atoms with E-state index in [-0.39, 0.29) is 18.0 Å². The van der Waals surface area contributed by atoms with Crippen molar-refractivity contribution in [2.75, 3.05) is 0 Å². The Labute approximate surface area is 106 Å². The molecule has 0 bridgehead atoms. The van der Waals surface area contributed by atoms with Crippen LogP contribution in [0.15, 0.2) is 24.3 Å². The lowest BCUT2D eigenvalue weighted by atomic mass is 9.77. The summed E-state index contributed by atoms with van der Waals surface area (Å²) in [5.74, 6) is 0.192. The van der Waals surface area contributed by atoms with Gasteiger partial charge in [-0.1, -0.05) is 30.2 Å². The van der Waals surface area contributed by atoms with Crippen LogP contribution in [-0.4, -0.2) is 12.1 Å². The van der Waals surface area contributed by atoms with Crippen molar-refractivity contribution in [2.45, 2.75) is 37.7 Å². The van der Waals surface area contributed by atoms with E-state index in [1.54, 1.807) is 0 Å². The van der Waals surface area contributed by atoms with Crippen LogP contribution in [0.1, 0.15) is 37.2 Å². The summed E-state index contributed by atoms with van der Waals surface area (Å²) < 4.78 is 5.49. The lowest BCUT2D eigenvalue weighted by Crippen LogP contribution is -2.23. The van der Waals surface area contributed by atoms with Crippen molar-refractivity contribution >= 4 is 17.6 Å². The molecular formula is C14H15ClO2. The maximum absolute atomic E-state index is 12.0. The molecule has 1 aromatic carbocycles. The van der Waals surface area contributed by atoms with Crippen molar-refractivity contribution in [3.8, 4) is 0 Å². The Balaban J connectivity index is 1.93. The molecule has 1 saturated carbocycles. The number of carbonyl (C=O) groups is 1. The molecule has 2 fully saturated rings. The first-order chi connectivity index (χ1) is 8.25. The van der Waals surface area contributed by atoms with Gasteiger partial charge in [-0.25, -0.2) is 0 Å². The quantitative estimate of drug-likeness (QED) is 0.713. The minimum absolute atomic E-state index is 0.0656. The summed E-state index contributed by atoms with van der Waals surface area (Å²) in [5.41, 5.74) is 1.01. The van der Waals surface area contributed by atoms with E-state index in [2.05, 4.69) is 0 Å². The Bertz CT molecular complexity index is 444. The number of carbonyl (C=O) groups excluding carboxylic acids is 1.